The van der Waals surface area contributed by atoms with Crippen molar-refractivity contribution in [2.45, 2.75) is 59.0 Å². The number of carbonyl (C=O) groups is 1. The van der Waals surface area contributed by atoms with Crippen LogP contribution in [0, 0.1) is 13.8 Å². The molecule has 0 aliphatic carbocycles. The number of hydrogen-bond donors (Lipinski definition) is 0. The van der Waals surface area contributed by atoms with Gasteiger partial charge in [-0.15, -0.1) is 0 Å². The summed E-state index contributed by atoms with van der Waals surface area (Å²) in [6.07, 6.45) is 3.68. The number of piperidine rings is 1. The highest BCUT2D eigenvalue weighted by atomic mass is 16.5. The first-order chi connectivity index (χ1) is 11.1. The summed E-state index contributed by atoms with van der Waals surface area (Å²) in [6.45, 7) is 6.87. The third-order valence-corrected chi connectivity index (χ3v) is 4.30. The van der Waals surface area contributed by atoms with Crippen molar-refractivity contribution in [1.82, 2.24) is 24.8 Å². The Kier molecular flexibility index (Phi) is 4.45. The molecule has 0 saturated carbocycles. The predicted molar refractivity (Wildman–Crippen MR) is 83.7 cm³/mol. The Hall–Kier alpha value is -2.18. The topological polar surface area (TPSA) is 77.0 Å². The van der Waals surface area contributed by atoms with Gasteiger partial charge in [-0.2, -0.15) is 10.1 Å². The molecular formula is C16H23N5O2. The summed E-state index contributed by atoms with van der Waals surface area (Å²) in [5, 5.41) is 8.34. The van der Waals surface area contributed by atoms with E-state index in [1.54, 1.807) is 4.68 Å². The first-order valence-corrected chi connectivity index (χ1v) is 8.21. The fourth-order valence-corrected chi connectivity index (χ4v) is 3.09. The summed E-state index contributed by atoms with van der Waals surface area (Å²) < 4.78 is 7.13. The number of aryl methyl sites for hydroxylation is 3. The Bertz CT molecular complexity index is 690. The van der Waals surface area contributed by atoms with E-state index in [9.17, 15) is 4.79 Å². The highest BCUT2D eigenvalue weighted by Gasteiger charge is 2.32. The zero-order chi connectivity index (χ0) is 16.4. The molecule has 124 valence electrons. The Labute approximate surface area is 135 Å². The molecule has 2 aromatic heterocycles. The van der Waals surface area contributed by atoms with E-state index >= 15 is 0 Å². The van der Waals surface area contributed by atoms with Crippen molar-refractivity contribution in [3.8, 4) is 0 Å². The Balaban J connectivity index is 1.77. The molecule has 7 nitrogen and oxygen atoms in total. The second-order valence-electron chi connectivity index (χ2n) is 6.09. The summed E-state index contributed by atoms with van der Waals surface area (Å²) in [7, 11) is 0. The zero-order valence-electron chi connectivity index (χ0n) is 13.9. The van der Waals surface area contributed by atoms with Crippen LogP contribution in [0.5, 0.6) is 0 Å². The smallest absolute Gasteiger partial charge is 0.249 e. The molecule has 2 aromatic rings. The van der Waals surface area contributed by atoms with Gasteiger partial charge in [0.05, 0.1) is 5.69 Å². The molecule has 23 heavy (non-hydrogen) atoms. The molecule has 1 aliphatic rings. The van der Waals surface area contributed by atoms with Crippen LogP contribution < -0.4 is 0 Å². The van der Waals surface area contributed by atoms with Crippen LogP contribution in [0.3, 0.4) is 0 Å². The van der Waals surface area contributed by atoms with Crippen LogP contribution in [-0.4, -0.2) is 37.3 Å². The number of hydrogen-bond acceptors (Lipinski definition) is 5. The van der Waals surface area contributed by atoms with Crippen LogP contribution in [0.15, 0.2) is 10.6 Å². The van der Waals surface area contributed by atoms with Crippen LogP contribution in [0.25, 0.3) is 0 Å². The van der Waals surface area contributed by atoms with Gasteiger partial charge in [0.15, 0.2) is 5.82 Å². The van der Waals surface area contributed by atoms with Gasteiger partial charge >= 0.3 is 0 Å². The number of carbonyl (C=O) groups excluding carboxylic acids is 1. The molecule has 7 heteroatoms. The lowest BCUT2D eigenvalue weighted by atomic mass is 10.0. The molecule has 3 rings (SSSR count). The van der Waals surface area contributed by atoms with Crippen LogP contribution in [-0.2, 0) is 17.8 Å². The summed E-state index contributed by atoms with van der Waals surface area (Å²) in [5.74, 6) is 1.30. The minimum atomic E-state index is -0.110. The number of aromatic nitrogens is 4. The molecule has 1 saturated heterocycles. The van der Waals surface area contributed by atoms with Gasteiger partial charge in [-0.25, -0.2) is 0 Å². The average molecular weight is 317 g/mol. The van der Waals surface area contributed by atoms with Crippen molar-refractivity contribution in [2.75, 3.05) is 6.54 Å². The monoisotopic (exact) mass is 317 g/mol. The highest BCUT2D eigenvalue weighted by molar-refractivity contribution is 5.76. The summed E-state index contributed by atoms with van der Waals surface area (Å²) in [6, 6.07) is 1.87. The molecule has 0 spiro atoms. The molecular weight excluding hydrogens is 294 g/mol. The molecule has 3 heterocycles. The van der Waals surface area contributed by atoms with Crippen molar-refractivity contribution in [3.05, 3.63) is 29.2 Å². The molecule has 0 aromatic carbocycles. The largest absolute Gasteiger partial charge is 0.337 e. The summed E-state index contributed by atoms with van der Waals surface area (Å²) in [5.41, 5.74) is 1.92. The lowest BCUT2D eigenvalue weighted by Gasteiger charge is -2.33. The van der Waals surface area contributed by atoms with E-state index in [1.807, 2.05) is 31.7 Å². The third-order valence-electron chi connectivity index (χ3n) is 4.30. The van der Waals surface area contributed by atoms with Gasteiger partial charge in [0.2, 0.25) is 11.8 Å². The van der Waals surface area contributed by atoms with Gasteiger partial charge in [-0.1, -0.05) is 12.1 Å². The number of likely N-dealkylation sites (tertiary alicyclic amines) is 1. The van der Waals surface area contributed by atoms with Gasteiger partial charge in [0.1, 0.15) is 12.6 Å². The fraction of sp³-hybridized carbons (Fsp3) is 0.625. The lowest BCUT2D eigenvalue weighted by Crippen LogP contribution is -2.40. The first-order valence-electron chi connectivity index (χ1n) is 8.21. The van der Waals surface area contributed by atoms with Gasteiger partial charge in [-0.05, 0) is 39.2 Å². The summed E-state index contributed by atoms with van der Waals surface area (Å²) >= 11 is 0. The fourth-order valence-electron chi connectivity index (χ4n) is 3.09. The van der Waals surface area contributed by atoms with Crippen molar-refractivity contribution in [1.29, 1.82) is 0 Å². The highest BCUT2D eigenvalue weighted by Crippen LogP contribution is 2.30. The van der Waals surface area contributed by atoms with E-state index in [4.69, 9.17) is 4.52 Å². The normalized spacial score (nSPS) is 18.4. The molecule has 1 aliphatic heterocycles. The van der Waals surface area contributed by atoms with E-state index in [2.05, 4.69) is 15.2 Å². The predicted octanol–water partition coefficient (Wildman–Crippen LogP) is 2.20. The van der Waals surface area contributed by atoms with Gasteiger partial charge in [0.25, 0.3) is 0 Å². The molecule has 0 radical (unpaired) electrons. The van der Waals surface area contributed by atoms with E-state index in [0.717, 1.165) is 43.6 Å². The third kappa shape index (κ3) is 3.28. The maximum absolute atomic E-state index is 12.8. The molecule has 1 amide bonds. The maximum atomic E-state index is 12.8. The molecule has 0 bridgehead atoms. The second kappa shape index (κ2) is 6.52. The molecule has 1 atom stereocenters. The van der Waals surface area contributed by atoms with Crippen molar-refractivity contribution >= 4 is 5.91 Å². The number of nitrogens with zero attached hydrogens (tertiary/aromatic N) is 5. The summed E-state index contributed by atoms with van der Waals surface area (Å²) in [4.78, 5) is 19.1. The minimum absolute atomic E-state index is 0.0529. The standard InChI is InChI=1S/C16H23N5O2/c1-4-14-17-16(23-19-14)13-7-5-6-8-20(13)15(22)10-21-12(3)9-11(2)18-21/h9,13H,4-8,10H2,1-3H3/t13-/m1/s1. The van der Waals surface area contributed by atoms with E-state index in [1.165, 1.54) is 0 Å². The SMILES string of the molecule is CCc1noc([C@H]2CCCCN2C(=O)Cn2nc(C)cc2C)n1. The number of rotatable bonds is 4. The Morgan fingerprint density at radius 3 is 2.87 bits per heavy atom. The Morgan fingerprint density at radius 2 is 2.22 bits per heavy atom. The minimum Gasteiger partial charge on any atom is -0.337 e. The van der Waals surface area contributed by atoms with Gasteiger partial charge in [-0.3, -0.25) is 9.48 Å². The lowest BCUT2D eigenvalue weighted by molar-refractivity contribution is -0.136. The van der Waals surface area contributed by atoms with E-state index in [0.29, 0.717) is 11.7 Å². The van der Waals surface area contributed by atoms with Crippen molar-refractivity contribution in [2.24, 2.45) is 0 Å². The maximum Gasteiger partial charge on any atom is 0.249 e. The quantitative estimate of drug-likeness (QED) is 0.864. The van der Waals surface area contributed by atoms with E-state index in [-0.39, 0.29) is 18.5 Å². The zero-order valence-corrected chi connectivity index (χ0v) is 13.9. The van der Waals surface area contributed by atoms with E-state index < -0.39 is 0 Å². The van der Waals surface area contributed by atoms with Gasteiger partial charge < -0.3 is 9.42 Å². The van der Waals surface area contributed by atoms with Crippen LogP contribution in [0.4, 0.5) is 0 Å². The van der Waals surface area contributed by atoms with Gasteiger partial charge in [0, 0.05) is 18.7 Å². The van der Waals surface area contributed by atoms with Crippen molar-refractivity contribution in [3.63, 3.8) is 0 Å². The van der Waals surface area contributed by atoms with Crippen molar-refractivity contribution < 1.29 is 9.32 Å². The Morgan fingerprint density at radius 1 is 1.39 bits per heavy atom. The van der Waals surface area contributed by atoms with Crippen LogP contribution in [0.1, 0.15) is 55.3 Å². The molecule has 0 unspecified atom stereocenters. The average Bonchev–Trinajstić information content (AvgIpc) is 3.14. The van der Waals surface area contributed by atoms with Crippen LogP contribution >= 0.6 is 0 Å². The van der Waals surface area contributed by atoms with Crippen LogP contribution in [0.2, 0.25) is 0 Å². The number of amides is 1. The molecule has 1 fully saturated rings. The second-order valence-corrected chi connectivity index (χ2v) is 6.09. The first kappa shape index (κ1) is 15.7. The molecule has 0 N–H and O–H groups in total.